The van der Waals surface area contributed by atoms with E-state index in [-0.39, 0.29) is 5.41 Å². The minimum absolute atomic E-state index is 0.258. The second-order valence-electron chi connectivity index (χ2n) is 9.46. The van der Waals surface area contributed by atoms with Gasteiger partial charge >= 0.3 is 0 Å². The molecule has 0 radical (unpaired) electrons. The molecule has 0 aliphatic heterocycles. The molecule has 1 atom stereocenters. The number of nitrogens with zero attached hydrogens (tertiary/aromatic N) is 2. The number of aliphatic imine (C=N–C) groups is 1. The minimum atomic E-state index is 0.258. The van der Waals surface area contributed by atoms with Gasteiger partial charge in [0.25, 0.3) is 0 Å². The van der Waals surface area contributed by atoms with E-state index in [2.05, 4.69) is 26.8 Å². The smallest absolute Gasteiger partial charge is 0.134 e. The van der Waals surface area contributed by atoms with E-state index in [0.29, 0.717) is 33.9 Å². The molecule has 6 heteroatoms. The molecule has 2 aromatic carbocycles. The zero-order valence-electron chi connectivity index (χ0n) is 19.0. The van der Waals surface area contributed by atoms with Crippen molar-refractivity contribution in [2.45, 2.75) is 46.6 Å². The second kappa shape index (κ2) is 9.89. The van der Waals surface area contributed by atoms with Crippen LogP contribution in [0.4, 0.5) is 5.00 Å². The maximum absolute atomic E-state index is 9.84. The summed E-state index contributed by atoms with van der Waals surface area (Å²) in [6.07, 6.45) is 4.82. The number of hydrogen-bond acceptors (Lipinski definition) is 4. The van der Waals surface area contributed by atoms with Gasteiger partial charge in [-0.3, -0.25) is 0 Å². The zero-order chi connectivity index (χ0) is 23.6. The highest BCUT2D eigenvalue weighted by molar-refractivity contribution is 7.16. The van der Waals surface area contributed by atoms with Gasteiger partial charge in [0.2, 0.25) is 0 Å². The highest BCUT2D eigenvalue weighted by atomic mass is 35.5. The van der Waals surface area contributed by atoms with Gasteiger partial charge in [-0.15, -0.1) is 11.3 Å². The van der Waals surface area contributed by atoms with Gasteiger partial charge in [-0.2, -0.15) is 5.26 Å². The molecule has 170 valence electrons. The lowest BCUT2D eigenvalue weighted by Gasteiger charge is -2.33. The fourth-order valence-corrected chi connectivity index (χ4v) is 5.80. The summed E-state index contributed by atoms with van der Waals surface area (Å²) >= 11 is 14.0. The van der Waals surface area contributed by atoms with Crippen LogP contribution >= 0.6 is 34.5 Å². The van der Waals surface area contributed by atoms with Crippen molar-refractivity contribution in [3.8, 4) is 11.8 Å². The molecule has 0 amide bonds. The second-order valence-corrected chi connectivity index (χ2v) is 11.4. The van der Waals surface area contributed by atoms with Crippen molar-refractivity contribution in [1.29, 1.82) is 5.26 Å². The van der Waals surface area contributed by atoms with Crippen LogP contribution in [0.25, 0.3) is 0 Å². The zero-order valence-corrected chi connectivity index (χ0v) is 21.3. The highest BCUT2D eigenvalue weighted by Gasteiger charge is 2.32. The van der Waals surface area contributed by atoms with E-state index in [0.717, 1.165) is 35.4 Å². The molecular weight excluding hydrogens is 471 g/mol. The van der Waals surface area contributed by atoms with Crippen LogP contribution in [0, 0.1) is 22.7 Å². The summed E-state index contributed by atoms with van der Waals surface area (Å²) in [7, 11) is 0. The van der Waals surface area contributed by atoms with Gasteiger partial charge < -0.3 is 4.74 Å². The molecule has 3 nitrogen and oxygen atoms in total. The maximum Gasteiger partial charge on any atom is 0.134 e. The lowest BCUT2D eigenvalue weighted by molar-refractivity contribution is 0.218. The Morgan fingerprint density at radius 2 is 1.97 bits per heavy atom. The van der Waals surface area contributed by atoms with Gasteiger partial charge in [0.15, 0.2) is 0 Å². The number of rotatable bonds is 5. The Morgan fingerprint density at radius 1 is 1.18 bits per heavy atom. The lowest BCUT2D eigenvalue weighted by atomic mass is 9.72. The molecule has 0 saturated carbocycles. The summed E-state index contributed by atoms with van der Waals surface area (Å²) in [4.78, 5) is 6.02. The Bertz CT molecular complexity index is 1230. The van der Waals surface area contributed by atoms with Gasteiger partial charge in [-0.25, -0.2) is 4.99 Å². The highest BCUT2D eigenvalue weighted by Crippen LogP contribution is 2.45. The molecule has 1 aliphatic rings. The molecule has 0 saturated heterocycles. The van der Waals surface area contributed by atoms with Crippen LogP contribution in [0.5, 0.6) is 5.75 Å². The normalized spacial score (nSPS) is 15.9. The summed E-state index contributed by atoms with van der Waals surface area (Å²) in [5.41, 5.74) is 3.90. The van der Waals surface area contributed by atoms with Gasteiger partial charge in [0, 0.05) is 26.7 Å². The number of halogens is 2. The standard InChI is InChI=1S/C27H26Cl2N2OS/c1-27(2,3)19-7-9-22-23(14-30)26(33-25(22)13-19)31-15-18-12-21(29)8-10-24(18)32-16-17-5-4-6-20(28)11-17/h4-6,8,10-12,15,19H,7,9,13,16H2,1-3H3/t19-/m1/s1. The van der Waals surface area contributed by atoms with Crippen molar-refractivity contribution < 1.29 is 4.74 Å². The van der Waals surface area contributed by atoms with E-state index in [1.165, 1.54) is 10.4 Å². The number of benzene rings is 2. The summed E-state index contributed by atoms with van der Waals surface area (Å²) in [6.45, 7) is 7.27. The molecule has 0 unspecified atom stereocenters. The molecule has 0 spiro atoms. The fourth-order valence-electron chi connectivity index (χ4n) is 4.18. The minimum Gasteiger partial charge on any atom is -0.488 e. The predicted octanol–water partition coefficient (Wildman–Crippen LogP) is 8.41. The van der Waals surface area contributed by atoms with Crippen LogP contribution in [-0.4, -0.2) is 6.21 Å². The SMILES string of the molecule is CC(C)(C)[C@@H]1CCc2c(sc(N=Cc3cc(Cl)ccc3OCc3cccc(Cl)c3)c2C#N)C1. The Balaban J connectivity index is 1.59. The molecular formula is C27H26Cl2N2OS. The van der Waals surface area contributed by atoms with E-state index in [1.54, 1.807) is 23.6 Å². The third-order valence-electron chi connectivity index (χ3n) is 6.16. The Morgan fingerprint density at radius 3 is 2.70 bits per heavy atom. The van der Waals surface area contributed by atoms with Crippen LogP contribution in [0.3, 0.4) is 0 Å². The topological polar surface area (TPSA) is 45.4 Å². The van der Waals surface area contributed by atoms with E-state index in [9.17, 15) is 5.26 Å². The molecule has 1 aliphatic carbocycles. The average molecular weight is 497 g/mol. The Labute approximate surface area is 209 Å². The maximum atomic E-state index is 9.84. The lowest BCUT2D eigenvalue weighted by Crippen LogP contribution is -2.26. The molecule has 4 rings (SSSR count). The van der Waals surface area contributed by atoms with Crippen LogP contribution in [0.15, 0.2) is 47.5 Å². The summed E-state index contributed by atoms with van der Waals surface area (Å²) < 4.78 is 6.04. The van der Waals surface area contributed by atoms with Crippen LogP contribution in [-0.2, 0) is 19.4 Å². The molecule has 33 heavy (non-hydrogen) atoms. The average Bonchev–Trinajstić information content (AvgIpc) is 3.13. The number of nitriles is 1. The fraction of sp³-hybridized carbons (Fsp3) is 0.333. The monoisotopic (exact) mass is 496 g/mol. The van der Waals surface area contributed by atoms with E-state index >= 15 is 0 Å². The van der Waals surface area contributed by atoms with Crippen LogP contribution in [0.2, 0.25) is 10.0 Å². The van der Waals surface area contributed by atoms with E-state index in [1.807, 2.05) is 36.4 Å². The van der Waals surface area contributed by atoms with Crippen molar-refractivity contribution >= 4 is 45.8 Å². The third kappa shape index (κ3) is 5.61. The molecule has 0 N–H and O–H groups in total. The first-order valence-corrected chi connectivity index (χ1v) is 12.6. The molecule has 0 fully saturated rings. The van der Waals surface area contributed by atoms with Crippen molar-refractivity contribution in [1.82, 2.24) is 0 Å². The number of fused-ring (bicyclic) bond motifs is 1. The number of hydrogen-bond donors (Lipinski definition) is 0. The van der Waals surface area contributed by atoms with Crippen molar-refractivity contribution in [3.63, 3.8) is 0 Å². The van der Waals surface area contributed by atoms with Crippen molar-refractivity contribution in [2.24, 2.45) is 16.3 Å². The Kier molecular flexibility index (Phi) is 7.14. The van der Waals surface area contributed by atoms with Gasteiger partial charge in [0.05, 0.1) is 5.56 Å². The summed E-state index contributed by atoms with van der Waals surface area (Å²) in [5.74, 6) is 1.29. The van der Waals surface area contributed by atoms with E-state index in [4.69, 9.17) is 32.9 Å². The van der Waals surface area contributed by atoms with Gasteiger partial charge in [-0.1, -0.05) is 56.1 Å². The van der Waals surface area contributed by atoms with Crippen molar-refractivity contribution in [3.05, 3.63) is 79.6 Å². The van der Waals surface area contributed by atoms with Crippen LogP contribution in [0.1, 0.15) is 54.3 Å². The molecule has 3 aromatic rings. The third-order valence-corrected chi connectivity index (χ3v) is 7.79. The summed E-state index contributed by atoms with van der Waals surface area (Å²) in [6, 6.07) is 15.4. The summed E-state index contributed by atoms with van der Waals surface area (Å²) in [5, 5.41) is 11.9. The first kappa shape index (κ1) is 23.8. The first-order chi connectivity index (χ1) is 15.7. The number of thiophene rings is 1. The predicted molar refractivity (Wildman–Crippen MR) is 138 cm³/mol. The van der Waals surface area contributed by atoms with Crippen LogP contribution < -0.4 is 4.74 Å². The largest absolute Gasteiger partial charge is 0.488 e. The molecule has 0 bridgehead atoms. The van der Waals surface area contributed by atoms with Crippen molar-refractivity contribution in [2.75, 3.05) is 0 Å². The first-order valence-electron chi connectivity index (χ1n) is 11.0. The molecule has 1 aromatic heterocycles. The Hall–Kier alpha value is -2.32. The molecule has 1 heterocycles. The van der Waals surface area contributed by atoms with Gasteiger partial charge in [0.1, 0.15) is 23.4 Å². The quantitative estimate of drug-likeness (QED) is 0.332. The van der Waals surface area contributed by atoms with Gasteiger partial charge in [-0.05, 0) is 72.1 Å². The van der Waals surface area contributed by atoms with E-state index < -0.39 is 0 Å². The number of ether oxygens (including phenoxy) is 1.